The van der Waals surface area contributed by atoms with Crippen LogP contribution < -0.4 is 10.6 Å². The highest BCUT2D eigenvalue weighted by Gasteiger charge is 2.23. The van der Waals surface area contributed by atoms with E-state index < -0.39 is 4.32 Å². The van der Waals surface area contributed by atoms with E-state index in [1.54, 1.807) is 50.2 Å². The smallest absolute Gasteiger partial charge is 0.291 e. The van der Waals surface area contributed by atoms with Crippen LogP contribution in [0.15, 0.2) is 47.1 Å². The summed E-state index contributed by atoms with van der Waals surface area (Å²) >= 11 is 3.29. The molecule has 2 aromatic rings. The molecule has 110 valence electrons. The largest absolute Gasteiger partial charge is 0.459 e. The molecule has 2 rings (SSSR count). The Balaban J connectivity index is 1.99. The van der Waals surface area contributed by atoms with E-state index in [4.69, 9.17) is 4.42 Å². The van der Waals surface area contributed by atoms with Gasteiger partial charge in [-0.15, -0.1) is 0 Å². The fourth-order valence-electron chi connectivity index (χ4n) is 1.52. The van der Waals surface area contributed by atoms with Crippen molar-refractivity contribution < 1.29 is 14.0 Å². The Morgan fingerprint density at radius 2 is 1.62 bits per heavy atom. The predicted octanol–water partition coefficient (Wildman–Crippen LogP) is 3.64. The van der Waals surface area contributed by atoms with Crippen LogP contribution in [0.2, 0.25) is 0 Å². The fourth-order valence-corrected chi connectivity index (χ4v) is 1.62. The number of rotatable bonds is 4. The molecule has 1 heterocycles. The summed E-state index contributed by atoms with van der Waals surface area (Å²) in [5.41, 5.74) is 1.27. The minimum Gasteiger partial charge on any atom is -0.459 e. The number of anilines is 2. The minimum atomic E-state index is -0.640. The molecule has 0 spiro atoms. The zero-order chi connectivity index (χ0) is 15.5. The van der Waals surface area contributed by atoms with Crippen molar-refractivity contribution in [3.63, 3.8) is 0 Å². The molecular weight excluding hydrogens is 336 g/mol. The van der Waals surface area contributed by atoms with E-state index in [-0.39, 0.29) is 17.6 Å². The summed E-state index contributed by atoms with van der Waals surface area (Å²) in [6.45, 7) is 3.53. The second-order valence-electron chi connectivity index (χ2n) is 4.94. The third-order valence-corrected chi connectivity index (χ3v) is 3.05. The molecule has 2 N–H and O–H groups in total. The Hall–Kier alpha value is -2.08. The molecule has 5 nitrogen and oxygen atoms in total. The molecule has 0 aliphatic heterocycles. The van der Waals surface area contributed by atoms with Crippen LogP contribution in [0, 0.1) is 0 Å². The van der Waals surface area contributed by atoms with E-state index in [0.29, 0.717) is 11.4 Å². The first-order valence-electron chi connectivity index (χ1n) is 6.31. The molecule has 0 saturated carbocycles. The quantitative estimate of drug-likeness (QED) is 0.826. The van der Waals surface area contributed by atoms with Crippen LogP contribution in [0.5, 0.6) is 0 Å². The summed E-state index contributed by atoms with van der Waals surface area (Å²) in [5.74, 6) is -0.221. The molecule has 0 saturated heterocycles. The van der Waals surface area contributed by atoms with Crippen molar-refractivity contribution in [3.05, 3.63) is 48.4 Å². The van der Waals surface area contributed by atoms with Gasteiger partial charge in [0.2, 0.25) is 5.91 Å². The summed E-state index contributed by atoms with van der Waals surface area (Å²) < 4.78 is 4.37. The van der Waals surface area contributed by atoms with Crippen LogP contribution in [0.1, 0.15) is 24.4 Å². The summed E-state index contributed by atoms with van der Waals surface area (Å²) in [5, 5.41) is 5.47. The zero-order valence-electron chi connectivity index (χ0n) is 11.6. The van der Waals surface area contributed by atoms with Gasteiger partial charge in [0.15, 0.2) is 5.76 Å². The second kappa shape index (κ2) is 6.13. The molecule has 0 fully saturated rings. The Kier molecular flexibility index (Phi) is 4.47. The van der Waals surface area contributed by atoms with Gasteiger partial charge in [-0.05, 0) is 50.2 Å². The van der Waals surface area contributed by atoms with Crippen molar-refractivity contribution in [2.75, 3.05) is 10.6 Å². The molecule has 2 amide bonds. The predicted molar refractivity (Wildman–Crippen MR) is 84.7 cm³/mol. The summed E-state index contributed by atoms with van der Waals surface area (Å²) in [4.78, 5) is 23.6. The van der Waals surface area contributed by atoms with Gasteiger partial charge < -0.3 is 15.1 Å². The first-order chi connectivity index (χ1) is 9.86. The Morgan fingerprint density at radius 1 is 1.05 bits per heavy atom. The van der Waals surface area contributed by atoms with Crippen LogP contribution in [0.4, 0.5) is 11.4 Å². The molecule has 1 aromatic carbocycles. The van der Waals surface area contributed by atoms with Crippen molar-refractivity contribution in [3.8, 4) is 0 Å². The highest BCUT2D eigenvalue weighted by atomic mass is 79.9. The highest BCUT2D eigenvalue weighted by molar-refractivity contribution is 9.10. The monoisotopic (exact) mass is 350 g/mol. The molecule has 0 bridgehead atoms. The van der Waals surface area contributed by atoms with Crippen LogP contribution in [0.25, 0.3) is 0 Å². The number of benzene rings is 1. The minimum absolute atomic E-state index is 0.144. The lowest BCUT2D eigenvalue weighted by atomic mass is 10.2. The number of carbonyl (C=O) groups is 2. The molecule has 0 aliphatic carbocycles. The van der Waals surface area contributed by atoms with Gasteiger partial charge in [-0.25, -0.2) is 0 Å². The number of nitrogens with one attached hydrogen (secondary N) is 2. The Bertz CT molecular complexity index is 628. The standard InChI is InChI=1S/C15H15BrN2O3/c1-15(2,16)14(20)18-11-7-5-10(6-8-11)17-13(19)12-4-3-9-21-12/h3-9H,1-2H3,(H,17,19)(H,18,20). The van der Waals surface area contributed by atoms with Gasteiger partial charge in [-0.3, -0.25) is 9.59 Å². The molecule has 0 aliphatic rings. The van der Waals surface area contributed by atoms with E-state index in [0.717, 1.165) is 0 Å². The van der Waals surface area contributed by atoms with Crippen molar-refractivity contribution in [1.82, 2.24) is 0 Å². The van der Waals surface area contributed by atoms with Gasteiger partial charge in [0.25, 0.3) is 5.91 Å². The second-order valence-corrected chi connectivity index (χ2v) is 6.92. The van der Waals surface area contributed by atoms with Crippen LogP contribution >= 0.6 is 15.9 Å². The topological polar surface area (TPSA) is 71.3 Å². The summed E-state index contributed by atoms with van der Waals surface area (Å²) in [6.07, 6.45) is 1.44. The van der Waals surface area contributed by atoms with Crippen LogP contribution in [-0.2, 0) is 4.79 Å². The molecule has 21 heavy (non-hydrogen) atoms. The first kappa shape index (κ1) is 15.3. The number of carbonyl (C=O) groups excluding carboxylic acids is 2. The number of halogens is 1. The summed E-state index contributed by atoms with van der Waals surface area (Å²) in [7, 11) is 0. The number of furan rings is 1. The van der Waals surface area contributed by atoms with Crippen molar-refractivity contribution in [2.45, 2.75) is 18.2 Å². The van der Waals surface area contributed by atoms with Gasteiger partial charge in [-0.2, -0.15) is 0 Å². The first-order valence-corrected chi connectivity index (χ1v) is 7.11. The normalized spacial score (nSPS) is 11.0. The lowest BCUT2D eigenvalue weighted by molar-refractivity contribution is -0.117. The average molecular weight is 351 g/mol. The number of hydrogen-bond donors (Lipinski definition) is 2. The lowest BCUT2D eigenvalue weighted by Crippen LogP contribution is -2.30. The number of alkyl halides is 1. The Morgan fingerprint density at radius 3 is 2.10 bits per heavy atom. The van der Waals surface area contributed by atoms with Gasteiger partial charge in [-0.1, -0.05) is 15.9 Å². The van der Waals surface area contributed by atoms with E-state index >= 15 is 0 Å². The van der Waals surface area contributed by atoms with Gasteiger partial charge in [0, 0.05) is 11.4 Å². The molecule has 0 atom stereocenters. The molecular formula is C15H15BrN2O3. The van der Waals surface area contributed by atoms with Gasteiger partial charge in [0.05, 0.1) is 10.6 Å². The maximum absolute atomic E-state index is 11.8. The van der Waals surface area contributed by atoms with Crippen molar-refractivity contribution >= 4 is 39.1 Å². The Labute approximate surface area is 130 Å². The molecule has 0 unspecified atom stereocenters. The third kappa shape index (κ3) is 4.19. The lowest BCUT2D eigenvalue weighted by Gasteiger charge is -2.16. The van der Waals surface area contributed by atoms with Gasteiger partial charge in [0.1, 0.15) is 0 Å². The van der Waals surface area contributed by atoms with Crippen molar-refractivity contribution in [1.29, 1.82) is 0 Å². The van der Waals surface area contributed by atoms with Gasteiger partial charge >= 0.3 is 0 Å². The van der Waals surface area contributed by atoms with Crippen LogP contribution in [-0.4, -0.2) is 16.1 Å². The van der Waals surface area contributed by atoms with E-state index in [1.165, 1.54) is 6.26 Å². The number of hydrogen-bond acceptors (Lipinski definition) is 3. The third-order valence-electron chi connectivity index (χ3n) is 2.69. The van der Waals surface area contributed by atoms with Crippen LogP contribution in [0.3, 0.4) is 0 Å². The average Bonchev–Trinajstić information content (AvgIpc) is 2.94. The SMILES string of the molecule is CC(C)(Br)C(=O)Nc1ccc(NC(=O)c2ccco2)cc1. The maximum atomic E-state index is 11.8. The zero-order valence-corrected chi connectivity index (χ0v) is 13.2. The van der Waals surface area contributed by atoms with E-state index in [2.05, 4.69) is 26.6 Å². The van der Waals surface area contributed by atoms with E-state index in [1.807, 2.05) is 0 Å². The maximum Gasteiger partial charge on any atom is 0.291 e. The van der Waals surface area contributed by atoms with Crippen molar-refractivity contribution in [2.24, 2.45) is 0 Å². The molecule has 0 radical (unpaired) electrons. The molecule has 6 heteroatoms. The number of amides is 2. The highest BCUT2D eigenvalue weighted by Crippen LogP contribution is 2.20. The summed E-state index contributed by atoms with van der Waals surface area (Å²) in [6, 6.07) is 10.1. The molecule has 1 aromatic heterocycles. The van der Waals surface area contributed by atoms with E-state index in [9.17, 15) is 9.59 Å². The fraction of sp³-hybridized carbons (Fsp3) is 0.200.